The van der Waals surface area contributed by atoms with Crippen LogP contribution < -0.4 is 4.90 Å². The van der Waals surface area contributed by atoms with Gasteiger partial charge in [-0.15, -0.1) is 0 Å². The maximum Gasteiger partial charge on any atom is 0.294 e. The average Bonchev–Trinajstić information content (AvgIpc) is 2.92. The second-order valence-electron chi connectivity index (χ2n) is 5.35. The smallest absolute Gasteiger partial charge is 0.294 e. The van der Waals surface area contributed by atoms with E-state index >= 15 is 0 Å². The number of methoxy groups -OCH3 is 1. The van der Waals surface area contributed by atoms with Gasteiger partial charge in [0.05, 0.1) is 6.61 Å². The zero-order valence-corrected chi connectivity index (χ0v) is 14.2. The number of aryl methyl sites for hydroxylation is 1. The molecule has 0 unspecified atom stereocenters. The second kappa shape index (κ2) is 7.03. The Kier molecular flexibility index (Phi) is 4.83. The van der Waals surface area contributed by atoms with Crippen LogP contribution in [0.15, 0.2) is 47.1 Å². The minimum atomic E-state index is -0.219. The number of carbonyl (C=O) groups excluding carboxylic acids is 1. The van der Waals surface area contributed by atoms with Gasteiger partial charge in [0, 0.05) is 47.7 Å². The van der Waals surface area contributed by atoms with Crippen molar-refractivity contribution in [2.24, 2.45) is 0 Å². The number of fused-ring (bicyclic) bond motifs is 1. The van der Waals surface area contributed by atoms with Crippen LogP contribution in [0.25, 0.3) is 11.0 Å². The van der Waals surface area contributed by atoms with Crippen LogP contribution in [0, 0.1) is 6.92 Å². The van der Waals surface area contributed by atoms with E-state index in [4.69, 9.17) is 20.8 Å². The van der Waals surface area contributed by atoms with Crippen molar-refractivity contribution in [3.05, 3.63) is 59.1 Å². The molecule has 6 heteroatoms. The van der Waals surface area contributed by atoms with Gasteiger partial charge < -0.3 is 14.1 Å². The summed E-state index contributed by atoms with van der Waals surface area (Å²) in [6.45, 7) is 2.69. The highest BCUT2D eigenvalue weighted by molar-refractivity contribution is 6.31. The highest BCUT2D eigenvalue weighted by Gasteiger charge is 2.24. The minimum absolute atomic E-state index is 0.219. The summed E-state index contributed by atoms with van der Waals surface area (Å²) >= 11 is 6.05. The predicted octanol–water partition coefficient (Wildman–Crippen LogP) is 4.08. The van der Waals surface area contributed by atoms with E-state index in [1.54, 1.807) is 54.7 Å². The third-order valence-electron chi connectivity index (χ3n) is 3.83. The van der Waals surface area contributed by atoms with Gasteiger partial charge in [-0.2, -0.15) is 0 Å². The molecule has 0 aliphatic rings. The first kappa shape index (κ1) is 16.5. The second-order valence-corrected chi connectivity index (χ2v) is 5.79. The molecule has 0 saturated heterocycles. The van der Waals surface area contributed by atoms with Crippen LogP contribution in [0.2, 0.25) is 5.02 Å². The standard InChI is InChI=1S/C18H17ClN2O3/c1-12-15-11-13(19)3-4-16(15)24-17(12)18(22)21(9-10-23-2)14-5-7-20-8-6-14/h3-8,11H,9-10H2,1-2H3. The zero-order valence-electron chi connectivity index (χ0n) is 13.5. The molecule has 0 radical (unpaired) electrons. The quantitative estimate of drug-likeness (QED) is 0.699. The number of aromatic nitrogens is 1. The number of hydrogen-bond donors (Lipinski definition) is 0. The van der Waals surface area contributed by atoms with Crippen LogP contribution in [0.5, 0.6) is 0 Å². The van der Waals surface area contributed by atoms with E-state index in [1.807, 2.05) is 6.92 Å². The summed E-state index contributed by atoms with van der Waals surface area (Å²) in [7, 11) is 1.60. The number of hydrogen-bond acceptors (Lipinski definition) is 4. The molecule has 5 nitrogen and oxygen atoms in total. The number of carbonyl (C=O) groups is 1. The minimum Gasteiger partial charge on any atom is -0.451 e. The van der Waals surface area contributed by atoms with Crippen LogP contribution in [0.1, 0.15) is 16.1 Å². The van der Waals surface area contributed by atoms with Crippen molar-refractivity contribution in [3.63, 3.8) is 0 Å². The van der Waals surface area contributed by atoms with Crippen molar-refractivity contribution >= 4 is 34.2 Å². The van der Waals surface area contributed by atoms with Gasteiger partial charge in [0.25, 0.3) is 5.91 Å². The van der Waals surface area contributed by atoms with Crippen molar-refractivity contribution in [2.45, 2.75) is 6.92 Å². The lowest BCUT2D eigenvalue weighted by atomic mass is 10.1. The lowest BCUT2D eigenvalue weighted by molar-refractivity contribution is 0.0950. The SMILES string of the molecule is COCCN(C(=O)c1oc2ccc(Cl)cc2c1C)c1ccncc1. The van der Waals surface area contributed by atoms with Gasteiger partial charge in [0.2, 0.25) is 0 Å². The van der Waals surface area contributed by atoms with E-state index in [0.29, 0.717) is 29.5 Å². The Morgan fingerprint density at radius 3 is 2.75 bits per heavy atom. The molecule has 0 bridgehead atoms. The molecule has 3 aromatic rings. The number of furan rings is 1. The third kappa shape index (κ3) is 3.13. The van der Waals surface area contributed by atoms with E-state index in [0.717, 1.165) is 16.6 Å². The number of rotatable bonds is 5. The van der Waals surface area contributed by atoms with Crippen LogP contribution in [0.3, 0.4) is 0 Å². The van der Waals surface area contributed by atoms with Gasteiger partial charge in [0.1, 0.15) is 5.58 Å². The van der Waals surface area contributed by atoms with Gasteiger partial charge in [-0.05, 0) is 37.3 Å². The van der Waals surface area contributed by atoms with Crippen molar-refractivity contribution in [3.8, 4) is 0 Å². The summed E-state index contributed by atoms with van der Waals surface area (Å²) in [5, 5.41) is 1.45. The summed E-state index contributed by atoms with van der Waals surface area (Å²) in [6, 6.07) is 8.88. The molecule has 2 aromatic heterocycles. The van der Waals surface area contributed by atoms with Crippen LogP contribution in [-0.4, -0.2) is 31.2 Å². The number of ether oxygens (including phenoxy) is 1. The molecule has 0 aliphatic carbocycles. The molecule has 1 aromatic carbocycles. The molecule has 0 fully saturated rings. The number of anilines is 1. The zero-order chi connectivity index (χ0) is 17.1. The number of nitrogens with zero attached hydrogens (tertiary/aromatic N) is 2. The highest BCUT2D eigenvalue weighted by Crippen LogP contribution is 2.29. The van der Waals surface area contributed by atoms with E-state index in [2.05, 4.69) is 4.98 Å². The molecule has 124 valence electrons. The third-order valence-corrected chi connectivity index (χ3v) is 4.07. The van der Waals surface area contributed by atoms with Gasteiger partial charge in [0.15, 0.2) is 5.76 Å². The van der Waals surface area contributed by atoms with Crippen LogP contribution >= 0.6 is 11.6 Å². The van der Waals surface area contributed by atoms with Gasteiger partial charge in [-0.25, -0.2) is 0 Å². The summed E-state index contributed by atoms with van der Waals surface area (Å²) in [4.78, 5) is 18.7. The first-order chi connectivity index (χ1) is 11.6. The first-order valence-corrected chi connectivity index (χ1v) is 7.89. The number of amides is 1. The Labute approximate surface area is 144 Å². The fourth-order valence-corrected chi connectivity index (χ4v) is 2.75. The summed E-state index contributed by atoms with van der Waals surface area (Å²) < 4.78 is 10.9. The molecule has 0 N–H and O–H groups in total. The number of benzene rings is 1. The Morgan fingerprint density at radius 2 is 2.04 bits per heavy atom. The fourth-order valence-electron chi connectivity index (χ4n) is 2.57. The lowest BCUT2D eigenvalue weighted by Crippen LogP contribution is -2.34. The van der Waals surface area contributed by atoms with Crippen molar-refractivity contribution in [1.82, 2.24) is 4.98 Å². The van der Waals surface area contributed by atoms with Gasteiger partial charge in [-0.1, -0.05) is 11.6 Å². The maximum atomic E-state index is 13.0. The summed E-state index contributed by atoms with van der Waals surface area (Å²) in [5.74, 6) is 0.0863. The molecular weight excluding hydrogens is 328 g/mol. The molecule has 0 aliphatic heterocycles. The normalized spacial score (nSPS) is 11.0. The monoisotopic (exact) mass is 344 g/mol. The Hall–Kier alpha value is -2.37. The molecular formula is C18H17ClN2O3. The Balaban J connectivity index is 2.02. The van der Waals surface area contributed by atoms with Crippen molar-refractivity contribution in [2.75, 3.05) is 25.2 Å². The molecule has 24 heavy (non-hydrogen) atoms. The average molecular weight is 345 g/mol. The molecule has 0 saturated carbocycles. The van der Waals surface area contributed by atoms with Crippen molar-refractivity contribution < 1.29 is 13.9 Å². The highest BCUT2D eigenvalue weighted by atomic mass is 35.5. The number of pyridine rings is 1. The van der Waals surface area contributed by atoms with E-state index < -0.39 is 0 Å². The van der Waals surface area contributed by atoms with E-state index in [-0.39, 0.29) is 5.91 Å². The molecule has 3 rings (SSSR count). The van der Waals surface area contributed by atoms with Crippen molar-refractivity contribution in [1.29, 1.82) is 0 Å². The molecule has 0 atom stereocenters. The molecule has 1 amide bonds. The molecule has 0 spiro atoms. The summed E-state index contributed by atoms with van der Waals surface area (Å²) in [5.41, 5.74) is 2.15. The Bertz CT molecular complexity index is 861. The predicted molar refractivity (Wildman–Crippen MR) is 93.8 cm³/mol. The fraction of sp³-hybridized carbons (Fsp3) is 0.222. The number of halogens is 1. The largest absolute Gasteiger partial charge is 0.451 e. The van der Waals surface area contributed by atoms with Gasteiger partial charge in [-0.3, -0.25) is 9.78 Å². The van der Waals surface area contributed by atoms with E-state index in [9.17, 15) is 4.79 Å². The summed E-state index contributed by atoms with van der Waals surface area (Å²) in [6.07, 6.45) is 3.29. The Morgan fingerprint density at radius 1 is 1.29 bits per heavy atom. The van der Waals surface area contributed by atoms with Crippen LogP contribution in [0.4, 0.5) is 5.69 Å². The van der Waals surface area contributed by atoms with Crippen LogP contribution in [-0.2, 0) is 4.74 Å². The maximum absolute atomic E-state index is 13.0. The first-order valence-electron chi connectivity index (χ1n) is 7.51. The topological polar surface area (TPSA) is 55.6 Å². The molecule has 2 heterocycles. The van der Waals surface area contributed by atoms with Gasteiger partial charge >= 0.3 is 0 Å². The van der Waals surface area contributed by atoms with E-state index in [1.165, 1.54) is 0 Å². The lowest BCUT2D eigenvalue weighted by Gasteiger charge is -2.21.